The predicted molar refractivity (Wildman–Crippen MR) is 59.3 cm³/mol. The van der Waals surface area contributed by atoms with Crippen molar-refractivity contribution in [3.8, 4) is 5.75 Å². The number of ether oxygens (including phenoxy) is 1. The van der Waals surface area contributed by atoms with Crippen LogP contribution in [-0.4, -0.2) is 6.61 Å². The highest BCUT2D eigenvalue weighted by Gasteiger charge is 2.13. The Bertz CT molecular complexity index is 323. The van der Waals surface area contributed by atoms with Crippen LogP contribution in [0.15, 0.2) is 18.2 Å². The minimum Gasteiger partial charge on any atom is -0.490 e. The quantitative estimate of drug-likeness (QED) is 0.831. The molecule has 0 spiro atoms. The van der Waals surface area contributed by atoms with Gasteiger partial charge in [0.1, 0.15) is 0 Å². The zero-order valence-corrected chi connectivity index (χ0v) is 9.46. The molecule has 1 atom stereocenters. The Morgan fingerprint density at radius 3 is 2.53 bits per heavy atom. The molecule has 0 aromatic heterocycles. The average Bonchev–Trinajstić information content (AvgIpc) is 2.15. The first kappa shape index (κ1) is 12.0. The lowest BCUT2D eigenvalue weighted by atomic mass is 10.1. The number of hydrogen-bond acceptors (Lipinski definition) is 2. The highest BCUT2D eigenvalue weighted by Crippen LogP contribution is 2.27. The molecule has 1 aromatic rings. The summed E-state index contributed by atoms with van der Waals surface area (Å²) in [6.07, 6.45) is 0. The normalized spacial score (nSPS) is 12.9. The fraction of sp³-hybridized carbons (Fsp3) is 0.500. The van der Waals surface area contributed by atoms with Crippen LogP contribution in [0.25, 0.3) is 0 Å². The van der Waals surface area contributed by atoms with Gasteiger partial charge in [0.05, 0.1) is 6.61 Å². The van der Waals surface area contributed by atoms with Crippen LogP contribution in [-0.2, 0) is 0 Å². The van der Waals surface area contributed by atoms with E-state index < -0.39 is 0 Å². The zero-order chi connectivity index (χ0) is 11.4. The van der Waals surface area contributed by atoms with Crippen LogP contribution in [0.1, 0.15) is 32.4 Å². The molecule has 0 radical (unpaired) electrons. The molecule has 0 aliphatic heterocycles. The predicted octanol–water partition coefficient (Wildman–Crippen LogP) is 2.88. The van der Waals surface area contributed by atoms with E-state index in [1.54, 1.807) is 12.1 Å². The Labute approximate surface area is 90.2 Å². The van der Waals surface area contributed by atoms with Gasteiger partial charge in [0.2, 0.25) is 0 Å². The molecule has 0 aliphatic carbocycles. The van der Waals surface area contributed by atoms with Crippen molar-refractivity contribution in [2.75, 3.05) is 6.61 Å². The van der Waals surface area contributed by atoms with Crippen molar-refractivity contribution in [1.82, 2.24) is 0 Å². The van der Waals surface area contributed by atoms with Crippen molar-refractivity contribution < 1.29 is 9.13 Å². The minimum atomic E-state index is -0.342. The van der Waals surface area contributed by atoms with Crippen LogP contribution in [0.4, 0.5) is 4.39 Å². The van der Waals surface area contributed by atoms with E-state index in [1.165, 1.54) is 6.07 Å². The molecule has 0 fully saturated rings. The smallest absolute Gasteiger partial charge is 0.165 e. The SMILES string of the molecule is CC(C)COc1c(F)cccc1[C@@H](C)N. The Balaban J connectivity index is 2.92. The molecule has 1 rings (SSSR count). The molecule has 15 heavy (non-hydrogen) atoms. The largest absolute Gasteiger partial charge is 0.490 e. The Morgan fingerprint density at radius 2 is 2.00 bits per heavy atom. The van der Waals surface area contributed by atoms with Gasteiger partial charge >= 0.3 is 0 Å². The van der Waals surface area contributed by atoms with Gasteiger partial charge in [0.25, 0.3) is 0 Å². The van der Waals surface area contributed by atoms with Crippen LogP contribution in [0.5, 0.6) is 5.75 Å². The van der Waals surface area contributed by atoms with Crippen molar-refractivity contribution in [3.63, 3.8) is 0 Å². The van der Waals surface area contributed by atoms with E-state index in [0.29, 0.717) is 18.3 Å². The Hall–Kier alpha value is -1.09. The fourth-order valence-electron chi connectivity index (χ4n) is 1.29. The highest BCUT2D eigenvalue weighted by molar-refractivity contribution is 5.36. The summed E-state index contributed by atoms with van der Waals surface area (Å²) in [4.78, 5) is 0. The third-order valence-corrected chi connectivity index (χ3v) is 2.05. The summed E-state index contributed by atoms with van der Waals surface area (Å²) >= 11 is 0. The molecule has 2 nitrogen and oxygen atoms in total. The molecule has 0 saturated heterocycles. The first-order valence-electron chi connectivity index (χ1n) is 5.19. The molecular weight excluding hydrogens is 193 g/mol. The molecule has 0 amide bonds. The van der Waals surface area contributed by atoms with Gasteiger partial charge in [-0.05, 0) is 18.9 Å². The van der Waals surface area contributed by atoms with Gasteiger partial charge in [-0.2, -0.15) is 0 Å². The molecule has 0 unspecified atom stereocenters. The summed E-state index contributed by atoms with van der Waals surface area (Å²) in [5.41, 5.74) is 6.46. The van der Waals surface area contributed by atoms with E-state index in [1.807, 2.05) is 20.8 Å². The molecule has 3 heteroatoms. The van der Waals surface area contributed by atoms with Crippen molar-refractivity contribution in [3.05, 3.63) is 29.6 Å². The van der Waals surface area contributed by atoms with E-state index in [2.05, 4.69) is 0 Å². The molecule has 0 bridgehead atoms. The van der Waals surface area contributed by atoms with E-state index in [9.17, 15) is 4.39 Å². The maximum absolute atomic E-state index is 13.5. The fourth-order valence-corrected chi connectivity index (χ4v) is 1.29. The second kappa shape index (κ2) is 5.12. The van der Waals surface area contributed by atoms with Crippen molar-refractivity contribution in [2.45, 2.75) is 26.8 Å². The van der Waals surface area contributed by atoms with Gasteiger partial charge in [0, 0.05) is 11.6 Å². The maximum Gasteiger partial charge on any atom is 0.165 e. The van der Waals surface area contributed by atoms with Gasteiger partial charge in [0.15, 0.2) is 11.6 Å². The summed E-state index contributed by atoms with van der Waals surface area (Å²) in [5.74, 6) is 0.317. The van der Waals surface area contributed by atoms with Crippen LogP contribution >= 0.6 is 0 Å². The van der Waals surface area contributed by atoms with E-state index in [4.69, 9.17) is 10.5 Å². The molecule has 0 saturated carbocycles. The third kappa shape index (κ3) is 3.20. The Morgan fingerprint density at radius 1 is 1.33 bits per heavy atom. The maximum atomic E-state index is 13.5. The lowest BCUT2D eigenvalue weighted by molar-refractivity contribution is 0.255. The minimum absolute atomic E-state index is 0.220. The molecule has 2 N–H and O–H groups in total. The van der Waals surface area contributed by atoms with Gasteiger partial charge in [-0.3, -0.25) is 0 Å². The Kier molecular flexibility index (Phi) is 4.09. The molecule has 0 heterocycles. The first-order valence-corrected chi connectivity index (χ1v) is 5.19. The summed E-state index contributed by atoms with van der Waals surface area (Å²) < 4.78 is 18.9. The van der Waals surface area contributed by atoms with Gasteiger partial charge in [-0.1, -0.05) is 26.0 Å². The second-order valence-corrected chi connectivity index (χ2v) is 4.15. The van der Waals surface area contributed by atoms with Crippen LogP contribution < -0.4 is 10.5 Å². The number of para-hydroxylation sites is 1. The van der Waals surface area contributed by atoms with E-state index in [0.717, 1.165) is 5.56 Å². The highest BCUT2D eigenvalue weighted by atomic mass is 19.1. The second-order valence-electron chi connectivity index (χ2n) is 4.15. The van der Waals surface area contributed by atoms with Crippen molar-refractivity contribution >= 4 is 0 Å². The molecule has 1 aromatic carbocycles. The van der Waals surface area contributed by atoms with Crippen LogP contribution in [0.3, 0.4) is 0 Å². The number of rotatable bonds is 4. The molecule has 84 valence electrons. The van der Waals surface area contributed by atoms with E-state index in [-0.39, 0.29) is 11.9 Å². The van der Waals surface area contributed by atoms with Gasteiger partial charge in [-0.15, -0.1) is 0 Å². The summed E-state index contributed by atoms with van der Waals surface area (Å²) in [6, 6.07) is 4.61. The summed E-state index contributed by atoms with van der Waals surface area (Å²) in [7, 11) is 0. The lowest BCUT2D eigenvalue weighted by Gasteiger charge is -2.15. The topological polar surface area (TPSA) is 35.2 Å². The molecule has 0 aliphatic rings. The first-order chi connectivity index (χ1) is 7.02. The number of halogens is 1. The average molecular weight is 211 g/mol. The third-order valence-electron chi connectivity index (χ3n) is 2.05. The van der Waals surface area contributed by atoms with Crippen molar-refractivity contribution in [1.29, 1.82) is 0 Å². The number of nitrogens with two attached hydrogens (primary N) is 1. The molecular formula is C12H18FNO. The zero-order valence-electron chi connectivity index (χ0n) is 9.46. The van der Waals surface area contributed by atoms with E-state index >= 15 is 0 Å². The van der Waals surface area contributed by atoms with Crippen LogP contribution in [0.2, 0.25) is 0 Å². The standard InChI is InChI=1S/C12H18FNO/c1-8(2)7-15-12-10(9(3)14)5-4-6-11(12)13/h4-6,8-9H,7,14H2,1-3H3/t9-/m1/s1. The number of hydrogen-bond donors (Lipinski definition) is 1. The van der Waals surface area contributed by atoms with Crippen LogP contribution in [0, 0.1) is 11.7 Å². The van der Waals surface area contributed by atoms with Gasteiger partial charge in [-0.25, -0.2) is 4.39 Å². The lowest BCUT2D eigenvalue weighted by Crippen LogP contribution is -2.12. The van der Waals surface area contributed by atoms with Gasteiger partial charge < -0.3 is 10.5 Å². The summed E-state index contributed by atoms with van der Waals surface area (Å²) in [6.45, 7) is 6.36. The summed E-state index contributed by atoms with van der Waals surface area (Å²) in [5, 5.41) is 0. The number of benzene rings is 1. The van der Waals surface area contributed by atoms with Crippen molar-refractivity contribution in [2.24, 2.45) is 11.7 Å². The monoisotopic (exact) mass is 211 g/mol.